The fraction of sp³-hybridized carbons (Fsp3) is 0.300. The number of hydrogen-bond acceptors (Lipinski definition) is 4. The highest BCUT2D eigenvalue weighted by atomic mass is 35.5. The van der Waals surface area contributed by atoms with E-state index in [2.05, 4.69) is 16.0 Å². The third kappa shape index (κ3) is 6.49. The molecule has 2 rings (SSSR count). The van der Waals surface area contributed by atoms with E-state index in [0.29, 0.717) is 22.0 Å². The maximum Gasteiger partial charge on any atom is 0.251 e. The summed E-state index contributed by atoms with van der Waals surface area (Å²) in [6.07, 6.45) is 0. The summed E-state index contributed by atoms with van der Waals surface area (Å²) in [4.78, 5) is 24.2. The van der Waals surface area contributed by atoms with E-state index in [1.807, 2.05) is 20.8 Å². The number of carbonyl (C=O) groups is 2. The average Bonchev–Trinajstić information content (AvgIpc) is 2.59. The predicted octanol–water partition coefficient (Wildman–Crippen LogP) is 3.93. The molecule has 2 aromatic carbocycles. The molecule has 6 nitrogen and oxygen atoms in total. The second-order valence-electron chi connectivity index (χ2n) is 7.03. The molecule has 0 heterocycles. The first-order valence-electron chi connectivity index (χ1n) is 8.48. The lowest BCUT2D eigenvalue weighted by Gasteiger charge is -2.20. The Labute approximate surface area is 164 Å². The number of halogens is 1. The fourth-order valence-electron chi connectivity index (χ4n) is 2.28. The van der Waals surface area contributed by atoms with Crippen LogP contribution in [0.2, 0.25) is 5.02 Å². The zero-order chi connectivity index (χ0) is 20.0. The molecule has 0 bridgehead atoms. The number of anilines is 2. The van der Waals surface area contributed by atoms with Crippen LogP contribution in [0, 0.1) is 0 Å². The third-order valence-corrected chi connectivity index (χ3v) is 3.82. The van der Waals surface area contributed by atoms with Gasteiger partial charge in [-0.2, -0.15) is 0 Å². The molecule has 0 aromatic heterocycles. The van der Waals surface area contributed by atoms with Gasteiger partial charge in [0.15, 0.2) is 0 Å². The van der Waals surface area contributed by atoms with Crippen molar-refractivity contribution >= 4 is 34.8 Å². The molecule has 0 saturated carbocycles. The molecule has 0 radical (unpaired) electrons. The second kappa shape index (κ2) is 8.77. The van der Waals surface area contributed by atoms with E-state index < -0.39 is 0 Å². The molecule has 0 spiro atoms. The molecule has 0 aliphatic rings. The molecule has 0 fully saturated rings. The Morgan fingerprint density at radius 1 is 1.04 bits per heavy atom. The standard InChI is InChI=1S/C20H24ClN3O3/c1-20(2,3)24-19(26)13-5-7-14(8-6-13)22-12-18(25)23-15-9-10-17(27-4)16(21)11-15/h5-11,22H,12H2,1-4H3,(H,23,25)(H,24,26). The van der Waals surface area contributed by atoms with Crippen molar-refractivity contribution < 1.29 is 14.3 Å². The Morgan fingerprint density at radius 2 is 1.67 bits per heavy atom. The second-order valence-corrected chi connectivity index (χ2v) is 7.44. The normalized spacial score (nSPS) is 10.9. The largest absolute Gasteiger partial charge is 0.495 e. The lowest BCUT2D eigenvalue weighted by Crippen LogP contribution is -2.40. The van der Waals surface area contributed by atoms with Gasteiger partial charge in [-0.15, -0.1) is 0 Å². The summed E-state index contributed by atoms with van der Waals surface area (Å²) in [6, 6.07) is 12.0. The summed E-state index contributed by atoms with van der Waals surface area (Å²) in [6.45, 7) is 5.86. The molecule has 0 unspecified atom stereocenters. The van der Waals surface area contributed by atoms with Gasteiger partial charge in [-0.3, -0.25) is 9.59 Å². The molecule has 3 N–H and O–H groups in total. The van der Waals surface area contributed by atoms with Crippen LogP contribution >= 0.6 is 11.6 Å². The van der Waals surface area contributed by atoms with Crippen molar-refractivity contribution in [3.8, 4) is 5.75 Å². The smallest absolute Gasteiger partial charge is 0.251 e. The van der Waals surface area contributed by atoms with Gasteiger partial charge in [-0.05, 0) is 63.2 Å². The number of hydrogen-bond donors (Lipinski definition) is 3. The highest BCUT2D eigenvalue weighted by Crippen LogP contribution is 2.27. The van der Waals surface area contributed by atoms with Crippen LogP contribution in [0.15, 0.2) is 42.5 Å². The van der Waals surface area contributed by atoms with Crippen LogP contribution in [0.3, 0.4) is 0 Å². The minimum absolute atomic E-state index is 0.0805. The first-order chi connectivity index (χ1) is 12.7. The predicted molar refractivity (Wildman–Crippen MR) is 109 cm³/mol. The summed E-state index contributed by atoms with van der Waals surface area (Å²) in [5, 5.41) is 9.09. The summed E-state index contributed by atoms with van der Waals surface area (Å²) in [7, 11) is 1.53. The van der Waals surface area contributed by atoms with Crippen molar-refractivity contribution in [1.82, 2.24) is 5.32 Å². The third-order valence-electron chi connectivity index (χ3n) is 3.52. The molecule has 27 heavy (non-hydrogen) atoms. The van der Waals surface area contributed by atoms with Crippen LogP contribution in [0.5, 0.6) is 5.75 Å². The maximum atomic E-state index is 12.1. The van der Waals surface area contributed by atoms with Gasteiger partial charge in [0.2, 0.25) is 5.91 Å². The van der Waals surface area contributed by atoms with Gasteiger partial charge in [0.1, 0.15) is 5.75 Å². The van der Waals surface area contributed by atoms with Crippen LogP contribution in [0.4, 0.5) is 11.4 Å². The lowest BCUT2D eigenvalue weighted by atomic mass is 10.1. The van der Waals surface area contributed by atoms with E-state index in [9.17, 15) is 9.59 Å². The van der Waals surface area contributed by atoms with Crippen molar-refractivity contribution in [3.05, 3.63) is 53.1 Å². The van der Waals surface area contributed by atoms with Crippen molar-refractivity contribution in [2.75, 3.05) is 24.3 Å². The molecule has 0 saturated heterocycles. The van der Waals surface area contributed by atoms with Crippen LogP contribution in [0.1, 0.15) is 31.1 Å². The Hall–Kier alpha value is -2.73. The minimum Gasteiger partial charge on any atom is -0.495 e. The molecular formula is C20H24ClN3O3. The number of ether oxygens (including phenoxy) is 1. The van der Waals surface area contributed by atoms with E-state index in [0.717, 1.165) is 5.69 Å². The van der Waals surface area contributed by atoms with Gasteiger partial charge < -0.3 is 20.7 Å². The van der Waals surface area contributed by atoms with E-state index in [-0.39, 0.29) is 23.9 Å². The first-order valence-corrected chi connectivity index (χ1v) is 8.85. The Bertz CT molecular complexity index is 814. The molecule has 144 valence electrons. The minimum atomic E-state index is -0.295. The van der Waals surface area contributed by atoms with Gasteiger partial charge in [0.25, 0.3) is 5.91 Å². The van der Waals surface area contributed by atoms with E-state index in [1.165, 1.54) is 7.11 Å². The Morgan fingerprint density at radius 3 is 2.22 bits per heavy atom. The SMILES string of the molecule is COc1ccc(NC(=O)CNc2ccc(C(=O)NC(C)(C)C)cc2)cc1Cl. The van der Waals surface area contributed by atoms with Crippen molar-refractivity contribution in [2.45, 2.75) is 26.3 Å². The molecule has 2 aromatic rings. The quantitative estimate of drug-likeness (QED) is 0.699. The van der Waals surface area contributed by atoms with Gasteiger partial charge in [0.05, 0.1) is 18.7 Å². The van der Waals surface area contributed by atoms with Gasteiger partial charge in [0, 0.05) is 22.5 Å². The molecule has 0 atom stereocenters. The number of methoxy groups -OCH3 is 1. The van der Waals surface area contributed by atoms with E-state index in [1.54, 1.807) is 42.5 Å². The molecule has 7 heteroatoms. The summed E-state index contributed by atoms with van der Waals surface area (Å²) < 4.78 is 5.08. The number of benzene rings is 2. The van der Waals surface area contributed by atoms with E-state index in [4.69, 9.17) is 16.3 Å². The van der Waals surface area contributed by atoms with Gasteiger partial charge in [-0.1, -0.05) is 11.6 Å². The average molecular weight is 390 g/mol. The van der Waals surface area contributed by atoms with Crippen LogP contribution < -0.4 is 20.7 Å². The zero-order valence-electron chi connectivity index (χ0n) is 15.9. The zero-order valence-corrected chi connectivity index (χ0v) is 16.6. The fourth-order valence-corrected chi connectivity index (χ4v) is 2.54. The number of rotatable bonds is 6. The number of carbonyl (C=O) groups excluding carboxylic acids is 2. The molecule has 0 aliphatic heterocycles. The van der Waals surface area contributed by atoms with Crippen molar-refractivity contribution in [3.63, 3.8) is 0 Å². The number of amides is 2. The maximum absolute atomic E-state index is 12.1. The summed E-state index contributed by atoms with van der Waals surface area (Å²) >= 11 is 6.04. The van der Waals surface area contributed by atoms with Gasteiger partial charge >= 0.3 is 0 Å². The highest BCUT2D eigenvalue weighted by Gasteiger charge is 2.15. The first kappa shape index (κ1) is 20.6. The summed E-state index contributed by atoms with van der Waals surface area (Å²) in [5.41, 5.74) is 1.59. The lowest BCUT2D eigenvalue weighted by molar-refractivity contribution is -0.114. The number of nitrogens with one attached hydrogen (secondary N) is 3. The van der Waals surface area contributed by atoms with E-state index >= 15 is 0 Å². The van der Waals surface area contributed by atoms with Crippen molar-refractivity contribution in [2.24, 2.45) is 0 Å². The Balaban J connectivity index is 1.88. The molecule has 2 amide bonds. The van der Waals surface area contributed by atoms with Crippen LogP contribution in [0.25, 0.3) is 0 Å². The van der Waals surface area contributed by atoms with Crippen LogP contribution in [-0.2, 0) is 4.79 Å². The van der Waals surface area contributed by atoms with Crippen LogP contribution in [-0.4, -0.2) is 31.0 Å². The van der Waals surface area contributed by atoms with Gasteiger partial charge in [-0.25, -0.2) is 0 Å². The topological polar surface area (TPSA) is 79.5 Å². The van der Waals surface area contributed by atoms with Crippen molar-refractivity contribution in [1.29, 1.82) is 0 Å². The Kier molecular flexibility index (Phi) is 6.69. The molecular weight excluding hydrogens is 366 g/mol. The molecule has 0 aliphatic carbocycles. The monoisotopic (exact) mass is 389 g/mol. The summed E-state index contributed by atoms with van der Waals surface area (Å²) in [5.74, 6) is 0.192. The highest BCUT2D eigenvalue weighted by molar-refractivity contribution is 6.32.